The van der Waals surface area contributed by atoms with Crippen molar-refractivity contribution in [3.63, 3.8) is 0 Å². The Hall–Kier alpha value is -4.94. The van der Waals surface area contributed by atoms with Crippen LogP contribution in [0.3, 0.4) is 0 Å². The number of aromatic nitrogens is 6. The van der Waals surface area contributed by atoms with Crippen LogP contribution < -0.4 is 5.32 Å². The summed E-state index contributed by atoms with van der Waals surface area (Å²) in [7, 11) is 0. The lowest BCUT2D eigenvalue weighted by Crippen LogP contribution is -2.45. The molecule has 6 heterocycles. The minimum absolute atomic E-state index is 0.0217. The van der Waals surface area contributed by atoms with Gasteiger partial charge in [0, 0.05) is 84.8 Å². The maximum Gasteiger partial charge on any atom is 0.241 e. The zero-order chi connectivity index (χ0) is 34.1. The molecule has 0 radical (unpaired) electrons. The van der Waals surface area contributed by atoms with Crippen LogP contribution in [0.1, 0.15) is 49.9 Å². The number of pyridine rings is 2. The first-order valence-electron chi connectivity index (χ1n) is 17.3. The van der Waals surface area contributed by atoms with Gasteiger partial charge in [0.1, 0.15) is 10.4 Å². The van der Waals surface area contributed by atoms with E-state index in [1.165, 1.54) is 12.8 Å². The van der Waals surface area contributed by atoms with Crippen LogP contribution in [0.4, 0.5) is 5.69 Å². The highest BCUT2D eigenvalue weighted by molar-refractivity contribution is 8.01. The lowest BCUT2D eigenvalue weighted by molar-refractivity contribution is -0.132. The fourth-order valence-electron chi connectivity index (χ4n) is 6.98. The van der Waals surface area contributed by atoms with Gasteiger partial charge in [-0.05, 0) is 85.5 Å². The molecule has 3 aliphatic rings. The van der Waals surface area contributed by atoms with Crippen LogP contribution in [0.25, 0.3) is 39.1 Å². The molecular formula is C38H39N9O2S. The highest BCUT2D eigenvalue weighted by Crippen LogP contribution is 2.41. The third-order valence-electron chi connectivity index (χ3n) is 9.85. The molecule has 1 aliphatic carbocycles. The Labute approximate surface area is 295 Å². The first-order chi connectivity index (χ1) is 24.5. The molecular weight excluding hydrogens is 647 g/mol. The molecule has 1 atom stereocenters. The van der Waals surface area contributed by atoms with Crippen LogP contribution in [0.5, 0.6) is 0 Å². The Kier molecular flexibility index (Phi) is 8.88. The minimum Gasteiger partial charge on any atom is -0.338 e. The molecule has 0 spiro atoms. The van der Waals surface area contributed by atoms with Gasteiger partial charge in [-0.1, -0.05) is 13.0 Å². The van der Waals surface area contributed by atoms with E-state index in [1.807, 2.05) is 47.5 Å². The number of amides is 2. The summed E-state index contributed by atoms with van der Waals surface area (Å²) < 4.78 is -0.634. The summed E-state index contributed by atoms with van der Waals surface area (Å²) in [6.07, 6.45) is 13.0. The van der Waals surface area contributed by atoms with Crippen molar-refractivity contribution in [3.05, 3.63) is 90.8 Å². The summed E-state index contributed by atoms with van der Waals surface area (Å²) in [5.74, 6) is 2.07. The number of aromatic amines is 1. The van der Waals surface area contributed by atoms with Crippen LogP contribution in [-0.4, -0.2) is 95.0 Å². The second-order valence-electron chi connectivity index (χ2n) is 13.2. The van der Waals surface area contributed by atoms with Crippen LogP contribution in [0, 0.1) is 0 Å². The number of thioether (sulfide) groups is 1. The number of benzene rings is 1. The molecule has 50 heavy (non-hydrogen) atoms. The second-order valence-corrected chi connectivity index (χ2v) is 14.9. The van der Waals surface area contributed by atoms with Gasteiger partial charge in [0.05, 0.1) is 17.8 Å². The van der Waals surface area contributed by atoms with E-state index < -0.39 is 4.75 Å². The number of likely N-dealkylation sites (tertiary alicyclic amines) is 1. The Morgan fingerprint density at radius 2 is 1.88 bits per heavy atom. The molecule has 4 aromatic heterocycles. The zero-order valence-corrected chi connectivity index (χ0v) is 28.8. The molecule has 2 amide bonds. The average Bonchev–Trinajstić information content (AvgIpc) is 3.81. The molecule has 1 aromatic carbocycles. The van der Waals surface area contributed by atoms with E-state index in [1.54, 1.807) is 36.4 Å². The van der Waals surface area contributed by atoms with Gasteiger partial charge >= 0.3 is 0 Å². The SMILES string of the molecule is CCS[C@@]1(C(=O)Nc2ccc3[nH]nc(-c4ccnc(C5CC5)c4)c3c2)CCN(CC(=O)N2CC=C(c3ccc(-c4ncccn4)cn3)CC2)C1. The molecule has 1 saturated carbocycles. The summed E-state index contributed by atoms with van der Waals surface area (Å²) in [6, 6.07) is 15.8. The maximum atomic E-state index is 14.0. The lowest BCUT2D eigenvalue weighted by atomic mass is 10.0. The first kappa shape index (κ1) is 32.3. The molecule has 1 saturated heterocycles. The van der Waals surface area contributed by atoms with Crippen molar-refractivity contribution in [1.29, 1.82) is 0 Å². The van der Waals surface area contributed by atoms with E-state index in [0.717, 1.165) is 62.5 Å². The van der Waals surface area contributed by atoms with Crippen LogP contribution >= 0.6 is 11.8 Å². The number of carbonyl (C=O) groups excluding carboxylic acids is 2. The number of carbonyl (C=O) groups is 2. The summed E-state index contributed by atoms with van der Waals surface area (Å²) in [4.78, 5) is 49.3. The van der Waals surface area contributed by atoms with Crippen molar-refractivity contribution in [1.82, 2.24) is 39.9 Å². The summed E-state index contributed by atoms with van der Waals surface area (Å²) in [5, 5.41) is 11.9. The number of nitrogens with one attached hydrogen (secondary N) is 2. The van der Waals surface area contributed by atoms with Gasteiger partial charge in [-0.15, -0.1) is 11.8 Å². The van der Waals surface area contributed by atoms with Gasteiger partial charge in [0.15, 0.2) is 5.82 Å². The first-order valence-corrected chi connectivity index (χ1v) is 18.3. The molecule has 254 valence electrons. The summed E-state index contributed by atoms with van der Waals surface area (Å²) >= 11 is 1.66. The predicted octanol–water partition coefficient (Wildman–Crippen LogP) is 5.81. The molecule has 0 unspecified atom stereocenters. The topological polar surface area (TPSA) is 133 Å². The van der Waals surface area contributed by atoms with Gasteiger partial charge < -0.3 is 10.2 Å². The van der Waals surface area contributed by atoms with Gasteiger partial charge in [-0.2, -0.15) is 5.10 Å². The van der Waals surface area contributed by atoms with Gasteiger partial charge in [0.2, 0.25) is 11.8 Å². The molecule has 0 bridgehead atoms. The quantitative estimate of drug-likeness (QED) is 0.187. The van der Waals surface area contributed by atoms with Gasteiger partial charge in [-0.3, -0.25) is 29.6 Å². The molecule has 2 fully saturated rings. The number of fused-ring (bicyclic) bond motifs is 1. The second kappa shape index (κ2) is 13.8. The van der Waals surface area contributed by atoms with Crippen molar-refractivity contribution < 1.29 is 9.59 Å². The van der Waals surface area contributed by atoms with Gasteiger partial charge in [-0.25, -0.2) is 9.97 Å². The fourth-order valence-corrected chi connectivity index (χ4v) is 8.22. The number of nitrogens with zero attached hydrogens (tertiary/aromatic N) is 7. The standard InChI is InChI=1S/C38H39N9O2S/c1-2-50-38(37(49)43-29-7-9-32-30(21-29)35(45-44-32)27-10-16-39-33(20-27)25-4-5-25)13-19-46(24-38)23-34(48)47-17-11-26(12-18-47)31-8-6-28(22-42-31)36-40-14-3-15-41-36/h3,6-11,14-16,20-22,25H,2,4-5,12-13,17-19,23-24H2,1H3,(H,43,49)(H,44,45)/t38-/m0/s1. The summed E-state index contributed by atoms with van der Waals surface area (Å²) in [6.45, 7) is 4.78. The van der Waals surface area contributed by atoms with Crippen molar-refractivity contribution in [2.75, 3.05) is 43.8 Å². The van der Waals surface area contributed by atoms with Crippen molar-refractivity contribution in [2.45, 2.75) is 43.3 Å². The Morgan fingerprint density at radius 1 is 1.00 bits per heavy atom. The fraction of sp³-hybridized carbons (Fsp3) is 0.342. The predicted molar refractivity (Wildman–Crippen MR) is 196 cm³/mol. The third kappa shape index (κ3) is 6.65. The highest BCUT2D eigenvalue weighted by Gasteiger charge is 2.45. The monoisotopic (exact) mass is 685 g/mol. The average molecular weight is 686 g/mol. The Bertz CT molecular complexity index is 2060. The third-order valence-corrected chi connectivity index (χ3v) is 11.2. The Morgan fingerprint density at radius 3 is 2.64 bits per heavy atom. The molecule has 12 heteroatoms. The Balaban J connectivity index is 0.899. The van der Waals surface area contributed by atoms with Crippen molar-refractivity contribution in [2.24, 2.45) is 0 Å². The molecule has 8 rings (SSSR count). The van der Waals surface area contributed by atoms with E-state index in [2.05, 4.69) is 59.4 Å². The zero-order valence-electron chi connectivity index (χ0n) is 28.0. The smallest absolute Gasteiger partial charge is 0.241 e. The van der Waals surface area contributed by atoms with Crippen molar-refractivity contribution >= 4 is 45.7 Å². The van der Waals surface area contributed by atoms with E-state index in [4.69, 9.17) is 0 Å². The van der Waals surface area contributed by atoms with E-state index in [9.17, 15) is 9.59 Å². The number of rotatable bonds is 10. The van der Waals surface area contributed by atoms with E-state index in [0.29, 0.717) is 50.9 Å². The van der Waals surface area contributed by atoms with Crippen LogP contribution in [0.2, 0.25) is 0 Å². The number of hydrogen-bond acceptors (Lipinski definition) is 9. The van der Waals surface area contributed by atoms with Crippen molar-refractivity contribution in [3.8, 4) is 22.6 Å². The highest BCUT2D eigenvalue weighted by atomic mass is 32.2. The van der Waals surface area contributed by atoms with E-state index in [-0.39, 0.29) is 11.8 Å². The van der Waals surface area contributed by atoms with E-state index >= 15 is 0 Å². The summed E-state index contributed by atoms with van der Waals surface area (Å²) in [5.41, 5.74) is 7.56. The minimum atomic E-state index is -0.634. The molecule has 11 nitrogen and oxygen atoms in total. The van der Waals surface area contributed by atoms with Crippen LogP contribution in [-0.2, 0) is 9.59 Å². The number of hydrogen-bond donors (Lipinski definition) is 2. The number of anilines is 1. The normalized spacial score (nSPS) is 19.5. The van der Waals surface area contributed by atoms with Crippen LogP contribution in [0.15, 0.2) is 79.4 Å². The molecule has 2 aliphatic heterocycles. The largest absolute Gasteiger partial charge is 0.338 e. The van der Waals surface area contributed by atoms with Gasteiger partial charge in [0.25, 0.3) is 0 Å². The number of H-pyrrole nitrogens is 1. The lowest BCUT2D eigenvalue weighted by Gasteiger charge is -2.30. The molecule has 2 N–H and O–H groups in total. The maximum absolute atomic E-state index is 14.0. The molecule has 5 aromatic rings.